The van der Waals surface area contributed by atoms with Crippen LogP contribution in [0.3, 0.4) is 0 Å². The summed E-state index contributed by atoms with van der Waals surface area (Å²) in [5.74, 6) is 0.464. The monoisotopic (exact) mass is 248 g/mol. The Bertz CT molecular complexity index is 577. The zero-order valence-electron chi connectivity index (χ0n) is 10.3. The van der Waals surface area contributed by atoms with Gasteiger partial charge in [-0.1, -0.05) is 19.8 Å². The largest absolute Gasteiger partial charge is 0.382 e. The highest BCUT2D eigenvalue weighted by atomic mass is 16.6. The quantitative estimate of drug-likeness (QED) is 0.500. The summed E-state index contributed by atoms with van der Waals surface area (Å²) in [6.07, 6.45) is 5.53. The van der Waals surface area contributed by atoms with Crippen LogP contribution >= 0.6 is 0 Å². The number of nitro groups is 1. The molecule has 0 fully saturated rings. The third-order valence-electron chi connectivity index (χ3n) is 2.96. The number of aryl methyl sites for hydroxylation is 1. The fraction of sp³-hybridized carbons (Fsp3) is 0.417. The van der Waals surface area contributed by atoms with Crippen molar-refractivity contribution in [3.8, 4) is 0 Å². The van der Waals surface area contributed by atoms with Gasteiger partial charge in [-0.2, -0.15) is 0 Å². The Balaban J connectivity index is 2.40. The van der Waals surface area contributed by atoms with Crippen LogP contribution < -0.4 is 5.73 Å². The van der Waals surface area contributed by atoms with E-state index in [1.807, 2.05) is 0 Å². The maximum absolute atomic E-state index is 10.8. The predicted octanol–water partition coefficient (Wildman–Crippen LogP) is 2.56. The number of hydrogen-bond acceptors (Lipinski definition) is 4. The molecule has 2 rings (SSSR count). The van der Waals surface area contributed by atoms with E-state index in [0.29, 0.717) is 11.5 Å². The second-order valence-corrected chi connectivity index (χ2v) is 4.27. The molecule has 0 saturated carbocycles. The SMILES string of the molecule is CCCCCc1c(N)nc2ccc([N+](=O)[O-])cn12. The van der Waals surface area contributed by atoms with Crippen LogP contribution in [0.1, 0.15) is 31.9 Å². The lowest BCUT2D eigenvalue weighted by molar-refractivity contribution is -0.385. The zero-order valence-corrected chi connectivity index (χ0v) is 10.3. The van der Waals surface area contributed by atoms with E-state index in [9.17, 15) is 10.1 Å². The molecule has 96 valence electrons. The van der Waals surface area contributed by atoms with Crippen molar-refractivity contribution in [1.82, 2.24) is 9.38 Å². The highest BCUT2D eigenvalue weighted by molar-refractivity contribution is 5.54. The first kappa shape index (κ1) is 12.3. The second kappa shape index (κ2) is 5.03. The van der Waals surface area contributed by atoms with Crippen molar-refractivity contribution >= 4 is 17.2 Å². The molecule has 18 heavy (non-hydrogen) atoms. The number of nitrogens with zero attached hydrogens (tertiary/aromatic N) is 3. The third kappa shape index (κ3) is 2.27. The van der Waals surface area contributed by atoms with Crippen molar-refractivity contribution in [1.29, 1.82) is 0 Å². The van der Waals surface area contributed by atoms with Gasteiger partial charge in [-0.25, -0.2) is 4.98 Å². The third-order valence-corrected chi connectivity index (χ3v) is 2.96. The Morgan fingerprint density at radius 2 is 2.22 bits per heavy atom. The summed E-state index contributed by atoms with van der Waals surface area (Å²) in [7, 11) is 0. The molecule has 0 aliphatic heterocycles. The van der Waals surface area contributed by atoms with Crippen molar-refractivity contribution < 1.29 is 4.92 Å². The van der Waals surface area contributed by atoms with Gasteiger partial charge >= 0.3 is 0 Å². The number of anilines is 1. The maximum Gasteiger partial charge on any atom is 0.286 e. The molecule has 0 aliphatic rings. The van der Waals surface area contributed by atoms with Gasteiger partial charge in [0.1, 0.15) is 11.5 Å². The standard InChI is InChI=1S/C12H16N4O2/c1-2-3-4-5-10-12(13)14-11-7-6-9(16(17)18)8-15(10)11/h6-8H,2-5,13H2,1H3. The molecule has 0 unspecified atom stereocenters. The molecular weight excluding hydrogens is 232 g/mol. The molecule has 2 aromatic rings. The Morgan fingerprint density at radius 3 is 2.89 bits per heavy atom. The minimum atomic E-state index is -0.411. The fourth-order valence-corrected chi connectivity index (χ4v) is 2.00. The number of fused-ring (bicyclic) bond motifs is 1. The molecule has 2 aromatic heterocycles. The van der Waals surface area contributed by atoms with Crippen LogP contribution in [-0.2, 0) is 6.42 Å². The second-order valence-electron chi connectivity index (χ2n) is 4.27. The molecule has 0 amide bonds. The summed E-state index contributed by atoms with van der Waals surface area (Å²) in [4.78, 5) is 14.6. The fourth-order valence-electron chi connectivity index (χ4n) is 2.00. The molecular formula is C12H16N4O2. The summed E-state index contributed by atoms with van der Waals surface area (Å²) < 4.78 is 1.73. The summed E-state index contributed by atoms with van der Waals surface area (Å²) in [5.41, 5.74) is 7.43. The Labute approximate surface area is 105 Å². The molecule has 6 heteroatoms. The minimum Gasteiger partial charge on any atom is -0.382 e. The number of aromatic nitrogens is 2. The number of imidazole rings is 1. The Kier molecular flexibility index (Phi) is 3.45. The molecule has 0 saturated heterocycles. The molecule has 0 aromatic carbocycles. The van der Waals surface area contributed by atoms with Crippen molar-refractivity contribution in [2.24, 2.45) is 0 Å². The van der Waals surface area contributed by atoms with E-state index < -0.39 is 4.92 Å². The summed E-state index contributed by atoms with van der Waals surface area (Å²) in [6, 6.07) is 3.06. The average molecular weight is 248 g/mol. The Hall–Kier alpha value is -2.11. The van der Waals surface area contributed by atoms with Crippen LogP contribution in [0.4, 0.5) is 11.5 Å². The van der Waals surface area contributed by atoms with Gasteiger partial charge < -0.3 is 5.73 Å². The molecule has 0 bridgehead atoms. The first-order valence-corrected chi connectivity index (χ1v) is 6.04. The van der Waals surface area contributed by atoms with E-state index in [0.717, 1.165) is 31.4 Å². The maximum atomic E-state index is 10.8. The van der Waals surface area contributed by atoms with E-state index in [4.69, 9.17) is 5.73 Å². The van der Waals surface area contributed by atoms with E-state index in [2.05, 4.69) is 11.9 Å². The summed E-state index contributed by atoms with van der Waals surface area (Å²) >= 11 is 0. The summed E-state index contributed by atoms with van der Waals surface area (Å²) in [5, 5.41) is 10.8. The summed E-state index contributed by atoms with van der Waals surface area (Å²) in [6.45, 7) is 2.13. The van der Waals surface area contributed by atoms with Gasteiger partial charge in [0, 0.05) is 6.07 Å². The van der Waals surface area contributed by atoms with E-state index in [1.165, 1.54) is 12.3 Å². The van der Waals surface area contributed by atoms with Crippen molar-refractivity contribution in [3.05, 3.63) is 34.1 Å². The predicted molar refractivity (Wildman–Crippen MR) is 69.5 cm³/mol. The van der Waals surface area contributed by atoms with Crippen LogP contribution in [-0.4, -0.2) is 14.3 Å². The van der Waals surface area contributed by atoms with Crippen molar-refractivity contribution in [3.63, 3.8) is 0 Å². The van der Waals surface area contributed by atoms with Crippen LogP contribution in [0.15, 0.2) is 18.3 Å². The van der Waals surface area contributed by atoms with Crippen LogP contribution in [0.5, 0.6) is 0 Å². The van der Waals surface area contributed by atoms with Gasteiger partial charge in [-0.15, -0.1) is 0 Å². The lowest BCUT2D eigenvalue weighted by Gasteiger charge is -2.02. The molecule has 0 atom stereocenters. The number of nitrogen functional groups attached to an aromatic ring is 1. The number of rotatable bonds is 5. The van der Waals surface area contributed by atoms with Gasteiger partial charge in [-0.05, 0) is 18.9 Å². The first-order valence-electron chi connectivity index (χ1n) is 6.04. The van der Waals surface area contributed by atoms with Gasteiger partial charge in [0.25, 0.3) is 5.69 Å². The van der Waals surface area contributed by atoms with Crippen LogP contribution in [0.25, 0.3) is 5.65 Å². The van der Waals surface area contributed by atoms with Gasteiger partial charge in [0.05, 0.1) is 16.8 Å². The van der Waals surface area contributed by atoms with Crippen LogP contribution in [0.2, 0.25) is 0 Å². The topological polar surface area (TPSA) is 86.5 Å². The number of unbranched alkanes of at least 4 members (excludes halogenated alkanes) is 2. The van der Waals surface area contributed by atoms with E-state index in [1.54, 1.807) is 10.5 Å². The highest BCUT2D eigenvalue weighted by Gasteiger charge is 2.13. The van der Waals surface area contributed by atoms with Gasteiger partial charge in [0.15, 0.2) is 0 Å². The van der Waals surface area contributed by atoms with Gasteiger partial charge in [-0.3, -0.25) is 14.5 Å². The first-order chi connectivity index (χ1) is 8.63. The molecule has 0 spiro atoms. The lowest BCUT2D eigenvalue weighted by atomic mass is 10.1. The molecule has 0 radical (unpaired) electrons. The van der Waals surface area contributed by atoms with E-state index >= 15 is 0 Å². The molecule has 6 nitrogen and oxygen atoms in total. The van der Waals surface area contributed by atoms with Crippen molar-refractivity contribution in [2.45, 2.75) is 32.6 Å². The normalized spacial score (nSPS) is 10.9. The molecule has 2 heterocycles. The van der Waals surface area contributed by atoms with E-state index in [-0.39, 0.29) is 5.69 Å². The average Bonchev–Trinajstić information content (AvgIpc) is 2.65. The number of hydrogen-bond donors (Lipinski definition) is 1. The smallest absolute Gasteiger partial charge is 0.286 e. The minimum absolute atomic E-state index is 0.0524. The number of pyridine rings is 1. The van der Waals surface area contributed by atoms with Crippen LogP contribution in [0, 0.1) is 10.1 Å². The molecule has 2 N–H and O–H groups in total. The van der Waals surface area contributed by atoms with Gasteiger partial charge in [0.2, 0.25) is 0 Å². The highest BCUT2D eigenvalue weighted by Crippen LogP contribution is 2.20. The Morgan fingerprint density at radius 1 is 1.44 bits per heavy atom. The lowest BCUT2D eigenvalue weighted by Crippen LogP contribution is -1.98. The van der Waals surface area contributed by atoms with Crippen molar-refractivity contribution in [2.75, 3.05) is 5.73 Å². The molecule has 0 aliphatic carbocycles. The number of nitrogens with two attached hydrogens (primary N) is 1. The zero-order chi connectivity index (χ0) is 13.1.